The number of thioether (sulfide) groups is 1. The molecule has 0 unspecified atom stereocenters. The summed E-state index contributed by atoms with van der Waals surface area (Å²) in [6, 6.07) is 11.9. The zero-order chi connectivity index (χ0) is 22.6. The summed E-state index contributed by atoms with van der Waals surface area (Å²) in [6.07, 6.45) is 7.48. The van der Waals surface area contributed by atoms with Crippen LogP contribution < -0.4 is 5.32 Å². The van der Waals surface area contributed by atoms with Gasteiger partial charge in [-0.2, -0.15) is 0 Å². The number of rotatable bonds is 7. The van der Waals surface area contributed by atoms with Crippen molar-refractivity contribution in [3.05, 3.63) is 53.0 Å². The molecule has 1 fully saturated rings. The van der Waals surface area contributed by atoms with Gasteiger partial charge in [0.25, 0.3) is 0 Å². The number of nitrogens with zero attached hydrogens (tertiary/aromatic N) is 4. The molecule has 1 saturated carbocycles. The third kappa shape index (κ3) is 5.04. The van der Waals surface area contributed by atoms with Crippen molar-refractivity contribution in [1.82, 2.24) is 19.7 Å². The van der Waals surface area contributed by atoms with Crippen molar-refractivity contribution < 1.29 is 9.21 Å². The van der Waals surface area contributed by atoms with E-state index in [1.165, 1.54) is 31.0 Å². The van der Waals surface area contributed by atoms with Gasteiger partial charge in [0.1, 0.15) is 0 Å². The minimum Gasteiger partial charge on any atom is -0.461 e. The Morgan fingerprint density at radius 3 is 2.85 bits per heavy atom. The van der Waals surface area contributed by atoms with Gasteiger partial charge in [-0.1, -0.05) is 43.2 Å². The lowest BCUT2D eigenvalue weighted by atomic mass is 9.95. The van der Waals surface area contributed by atoms with E-state index in [0.717, 1.165) is 45.8 Å². The van der Waals surface area contributed by atoms with Gasteiger partial charge in [-0.3, -0.25) is 9.36 Å². The maximum atomic E-state index is 12.7. The lowest BCUT2D eigenvalue weighted by Crippen LogP contribution is -2.17. The van der Waals surface area contributed by atoms with Crippen LogP contribution >= 0.6 is 23.1 Å². The Kier molecular flexibility index (Phi) is 6.59. The van der Waals surface area contributed by atoms with E-state index in [0.29, 0.717) is 11.8 Å². The highest BCUT2D eigenvalue weighted by Gasteiger charge is 2.25. The molecule has 0 atom stereocenters. The van der Waals surface area contributed by atoms with Crippen LogP contribution in [0.3, 0.4) is 0 Å². The number of hydrogen-bond acceptors (Lipinski definition) is 7. The van der Waals surface area contributed by atoms with Gasteiger partial charge in [-0.25, -0.2) is 4.98 Å². The van der Waals surface area contributed by atoms with Crippen LogP contribution in [0.5, 0.6) is 0 Å². The van der Waals surface area contributed by atoms with Gasteiger partial charge in [-0.05, 0) is 44.0 Å². The number of furan rings is 1. The Morgan fingerprint density at radius 2 is 2.09 bits per heavy atom. The van der Waals surface area contributed by atoms with Crippen LogP contribution in [0.15, 0.2) is 57.6 Å². The van der Waals surface area contributed by atoms with Crippen LogP contribution in [0.1, 0.15) is 43.2 Å². The number of carbonyl (C=O) groups excluding carboxylic acids is 1. The second-order valence-corrected chi connectivity index (χ2v) is 10.1. The average Bonchev–Trinajstić information content (AvgIpc) is 3.59. The fourth-order valence-electron chi connectivity index (χ4n) is 4.20. The van der Waals surface area contributed by atoms with E-state index in [2.05, 4.69) is 25.1 Å². The molecule has 0 bridgehead atoms. The summed E-state index contributed by atoms with van der Waals surface area (Å²) in [5.41, 5.74) is 2.67. The van der Waals surface area contributed by atoms with Crippen LogP contribution in [0, 0.1) is 6.92 Å². The topological polar surface area (TPSA) is 85.8 Å². The highest BCUT2D eigenvalue weighted by atomic mass is 32.2. The molecule has 3 heterocycles. The molecule has 1 aliphatic rings. The van der Waals surface area contributed by atoms with Crippen molar-refractivity contribution in [1.29, 1.82) is 0 Å². The summed E-state index contributed by atoms with van der Waals surface area (Å²) in [5, 5.41) is 15.6. The van der Waals surface area contributed by atoms with Crippen molar-refractivity contribution in [2.45, 2.75) is 50.2 Å². The molecule has 0 aliphatic heterocycles. The molecule has 170 valence electrons. The SMILES string of the molecule is Cc1nc(-c2cccc(NC(=O)CSc3nnc(-c4ccco4)n3C3CCCCC3)c2)cs1. The number of anilines is 1. The van der Waals surface area contributed by atoms with Gasteiger partial charge in [0.15, 0.2) is 10.9 Å². The van der Waals surface area contributed by atoms with Crippen LogP contribution in [-0.2, 0) is 4.79 Å². The Balaban J connectivity index is 1.29. The van der Waals surface area contributed by atoms with Gasteiger partial charge < -0.3 is 9.73 Å². The lowest BCUT2D eigenvalue weighted by molar-refractivity contribution is -0.113. The van der Waals surface area contributed by atoms with Crippen molar-refractivity contribution in [2.75, 3.05) is 11.1 Å². The number of amides is 1. The molecule has 7 nitrogen and oxygen atoms in total. The Morgan fingerprint density at radius 1 is 1.21 bits per heavy atom. The molecule has 1 aliphatic carbocycles. The van der Waals surface area contributed by atoms with Gasteiger partial charge >= 0.3 is 0 Å². The number of carbonyl (C=O) groups is 1. The van der Waals surface area contributed by atoms with Gasteiger partial charge in [0.05, 0.1) is 22.7 Å². The van der Waals surface area contributed by atoms with Crippen molar-refractivity contribution in [3.63, 3.8) is 0 Å². The summed E-state index contributed by atoms with van der Waals surface area (Å²) in [7, 11) is 0. The fraction of sp³-hybridized carbons (Fsp3) is 0.333. The molecule has 5 rings (SSSR count). The van der Waals surface area contributed by atoms with Crippen LogP contribution in [0.2, 0.25) is 0 Å². The molecule has 0 spiro atoms. The van der Waals surface area contributed by atoms with E-state index < -0.39 is 0 Å². The third-order valence-electron chi connectivity index (χ3n) is 5.74. The number of benzene rings is 1. The lowest BCUT2D eigenvalue weighted by Gasteiger charge is -2.25. The number of aromatic nitrogens is 4. The number of aryl methyl sites for hydroxylation is 1. The van der Waals surface area contributed by atoms with Gasteiger partial charge in [0.2, 0.25) is 11.7 Å². The minimum absolute atomic E-state index is 0.0793. The van der Waals surface area contributed by atoms with E-state index in [4.69, 9.17) is 4.42 Å². The first-order valence-corrected chi connectivity index (χ1v) is 13.0. The number of nitrogens with one attached hydrogen (secondary N) is 1. The van der Waals surface area contributed by atoms with Gasteiger partial charge in [-0.15, -0.1) is 21.5 Å². The molecule has 9 heteroatoms. The zero-order valence-electron chi connectivity index (χ0n) is 18.4. The summed E-state index contributed by atoms with van der Waals surface area (Å²) >= 11 is 3.03. The van der Waals surface area contributed by atoms with Crippen molar-refractivity contribution >= 4 is 34.7 Å². The molecule has 1 amide bonds. The second kappa shape index (κ2) is 9.93. The normalized spacial score (nSPS) is 14.5. The quantitative estimate of drug-likeness (QED) is 0.317. The molecule has 0 radical (unpaired) electrons. The summed E-state index contributed by atoms with van der Waals surface area (Å²) in [4.78, 5) is 17.3. The first kappa shape index (κ1) is 21.9. The largest absolute Gasteiger partial charge is 0.461 e. The third-order valence-corrected chi connectivity index (χ3v) is 7.46. The highest BCUT2D eigenvalue weighted by molar-refractivity contribution is 7.99. The number of hydrogen-bond donors (Lipinski definition) is 1. The molecule has 3 aromatic heterocycles. The monoisotopic (exact) mass is 479 g/mol. The summed E-state index contributed by atoms with van der Waals surface area (Å²) < 4.78 is 7.77. The number of thiazole rings is 1. The minimum atomic E-state index is -0.0793. The van der Waals surface area contributed by atoms with Crippen molar-refractivity contribution in [2.24, 2.45) is 0 Å². The summed E-state index contributed by atoms with van der Waals surface area (Å²) in [6.45, 7) is 1.99. The molecular weight excluding hydrogens is 454 g/mol. The Hall–Kier alpha value is -2.91. The highest BCUT2D eigenvalue weighted by Crippen LogP contribution is 2.35. The maximum Gasteiger partial charge on any atom is 0.234 e. The van der Waals surface area contributed by atoms with Gasteiger partial charge in [0, 0.05) is 22.7 Å². The van der Waals surface area contributed by atoms with E-state index in [1.807, 2.05) is 48.7 Å². The predicted octanol–water partition coefficient (Wildman–Crippen LogP) is 6.21. The van der Waals surface area contributed by atoms with E-state index >= 15 is 0 Å². The first-order valence-electron chi connectivity index (χ1n) is 11.1. The molecule has 1 aromatic carbocycles. The maximum absolute atomic E-state index is 12.7. The van der Waals surface area contributed by atoms with E-state index in [9.17, 15) is 4.79 Å². The molecule has 0 saturated heterocycles. The van der Waals surface area contributed by atoms with Crippen LogP contribution in [-0.4, -0.2) is 31.4 Å². The zero-order valence-corrected chi connectivity index (χ0v) is 20.0. The predicted molar refractivity (Wildman–Crippen MR) is 131 cm³/mol. The molecule has 1 N–H and O–H groups in total. The molecular formula is C24H25N5O2S2. The Labute approximate surface area is 200 Å². The van der Waals surface area contributed by atoms with E-state index in [-0.39, 0.29) is 11.7 Å². The standard InChI is InChI=1S/C24H25N5O2S2/c1-16-25-20(14-32-16)17-7-5-8-18(13-17)26-22(30)15-33-24-28-27-23(21-11-6-12-31-21)29(24)19-9-3-2-4-10-19/h5-8,11-14,19H,2-4,9-10,15H2,1H3,(H,26,30). The summed E-state index contributed by atoms with van der Waals surface area (Å²) in [5.74, 6) is 1.62. The second-order valence-electron chi connectivity index (χ2n) is 8.11. The smallest absolute Gasteiger partial charge is 0.234 e. The Bertz CT molecular complexity index is 1230. The van der Waals surface area contributed by atoms with Crippen LogP contribution in [0.25, 0.3) is 22.8 Å². The average molecular weight is 480 g/mol. The first-order chi connectivity index (χ1) is 16.2. The molecule has 4 aromatic rings. The molecule has 33 heavy (non-hydrogen) atoms. The van der Waals surface area contributed by atoms with Crippen molar-refractivity contribution in [3.8, 4) is 22.8 Å². The van der Waals surface area contributed by atoms with Crippen LogP contribution in [0.4, 0.5) is 5.69 Å². The van der Waals surface area contributed by atoms with E-state index in [1.54, 1.807) is 17.6 Å². The fourth-order valence-corrected chi connectivity index (χ4v) is 5.62.